The lowest BCUT2D eigenvalue weighted by atomic mass is 10.4. The largest absolute Gasteiger partial charge is 0.377 e. The van der Waals surface area contributed by atoms with Crippen molar-refractivity contribution in [1.82, 2.24) is 10.6 Å². The molecule has 0 aliphatic heterocycles. The van der Waals surface area contributed by atoms with Crippen molar-refractivity contribution in [2.45, 2.75) is 20.0 Å². The van der Waals surface area contributed by atoms with E-state index < -0.39 is 11.9 Å². The highest BCUT2D eigenvalue weighted by Crippen LogP contribution is 1.86. The molecule has 0 aromatic rings. The van der Waals surface area contributed by atoms with Crippen LogP contribution in [0, 0.1) is 0 Å². The zero-order chi connectivity index (χ0) is 11.0. The fourth-order valence-corrected chi connectivity index (χ4v) is 0.914. The Bertz CT molecular complexity index is 196. The molecule has 0 saturated carbocycles. The molecule has 6 heteroatoms. The molecule has 0 spiro atoms. The molecule has 0 rings (SSSR count). The van der Waals surface area contributed by atoms with Crippen LogP contribution in [0.5, 0.6) is 0 Å². The van der Waals surface area contributed by atoms with E-state index in [-0.39, 0.29) is 12.6 Å². The minimum atomic E-state index is -0.838. The molecule has 0 aliphatic rings. The Morgan fingerprint density at radius 3 is 2.64 bits per heavy atom. The van der Waals surface area contributed by atoms with Crippen LogP contribution >= 0.6 is 0 Å². The first-order valence-corrected chi connectivity index (χ1v) is 4.47. The van der Waals surface area contributed by atoms with E-state index >= 15 is 0 Å². The average molecular weight is 203 g/mol. The molecule has 0 saturated heterocycles. The van der Waals surface area contributed by atoms with Gasteiger partial charge in [-0.1, -0.05) is 0 Å². The van der Waals surface area contributed by atoms with E-state index in [1.54, 1.807) is 0 Å². The summed E-state index contributed by atoms with van der Waals surface area (Å²) in [5, 5.41) is 4.78. The van der Waals surface area contributed by atoms with Crippen molar-refractivity contribution in [2.75, 3.05) is 19.7 Å². The quantitative estimate of drug-likeness (QED) is 0.526. The van der Waals surface area contributed by atoms with Crippen LogP contribution in [0.4, 0.5) is 4.79 Å². The van der Waals surface area contributed by atoms with Crippen LogP contribution < -0.4 is 16.4 Å². The summed E-state index contributed by atoms with van der Waals surface area (Å²) in [6.45, 7) is 5.04. The van der Waals surface area contributed by atoms with Gasteiger partial charge in [0.25, 0.3) is 0 Å². The van der Waals surface area contributed by atoms with Gasteiger partial charge in [-0.3, -0.25) is 10.1 Å². The van der Waals surface area contributed by atoms with Crippen LogP contribution in [-0.4, -0.2) is 37.7 Å². The summed E-state index contributed by atoms with van der Waals surface area (Å²) >= 11 is 0. The summed E-state index contributed by atoms with van der Waals surface area (Å²) in [5.41, 5.74) is 4.75. The first-order chi connectivity index (χ1) is 6.56. The Balaban J connectivity index is 3.44. The number of ether oxygens (including phenoxy) is 1. The van der Waals surface area contributed by atoms with Gasteiger partial charge in [0.05, 0.1) is 12.6 Å². The van der Waals surface area contributed by atoms with Gasteiger partial charge in [0.2, 0.25) is 5.91 Å². The van der Waals surface area contributed by atoms with Crippen LogP contribution in [0.2, 0.25) is 0 Å². The SMILES string of the molecule is CCOC(C)CNCC(=O)NC(N)=O. The minimum absolute atomic E-state index is 0.0429. The van der Waals surface area contributed by atoms with Crippen molar-refractivity contribution >= 4 is 11.9 Å². The summed E-state index contributed by atoms with van der Waals surface area (Å²) in [6.07, 6.45) is 0.0429. The summed E-state index contributed by atoms with van der Waals surface area (Å²) in [7, 11) is 0. The molecular weight excluding hydrogens is 186 g/mol. The first-order valence-electron chi connectivity index (χ1n) is 4.47. The number of hydrogen-bond donors (Lipinski definition) is 3. The van der Waals surface area contributed by atoms with Gasteiger partial charge < -0.3 is 15.8 Å². The predicted octanol–water partition coefficient (Wildman–Crippen LogP) is -0.804. The Morgan fingerprint density at radius 1 is 1.50 bits per heavy atom. The number of nitrogens with two attached hydrogens (primary N) is 1. The molecule has 0 radical (unpaired) electrons. The third-order valence-corrected chi connectivity index (χ3v) is 1.43. The van der Waals surface area contributed by atoms with Crippen molar-refractivity contribution in [3.05, 3.63) is 0 Å². The fourth-order valence-electron chi connectivity index (χ4n) is 0.914. The molecule has 0 heterocycles. The van der Waals surface area contributed by atoms with Crippen molar-refractivity contribution in [2.24, 2.45) is 5.73 Å². The number of carbonyl (C=O) groups excluding carboxylic acids is 2. The van der Waals surface area contributed by atoms with E-state index in [2.05, 4.69) is 5.32 Å². The average Bonchev–Trinajstić information content (AvgIpc) is 2.02. The second-order valence-electron chi connectivity index (χ2n) is 2.81. The van der Waals surface area contributed by atoms with E-state index in [9.17, 15) is 9.59 Å². The van der Waals surface area contributed by atoms with Gasteiger partial charge in [0, 0.05) is 13.2 Å². The molecule has 0 fully saturated rings. The number of urea groups is 1. The number of amides is 3. The molecule has 14 heavy (non-hydrogen) atoms. The van der Waals surface area contributed by atoms with Crippen LogP contribution in [-0.2, 0) is 9.53 Å². The van der Waals surface area contributed by atoms with E-state index in [0.717, 1.165) is 0 Å². The number of imide groups is 1. The molecule has 1 unspecified atom stereocenters. The van der Waals surface area contributed by atoms with E-state index in [0.29, 0.717) is 13.2 Å². The lowest BCUT2D eigenvalue weighted by molar-refractivity contribution is -0.119. The van der Waals surface area contributed by atoms with Crippen LogP contribution in [0.1, 0.15) is 13.8 Å². The van der Waals surface area contributed by atoms with Gasteiger partial charge >= 0.3 is 6.03 Å². The minimum Gasteiger partial charge on any atom is -0.377 e. The summed E-state index contributed by atoms with van der Waals surface area (Å²) < 4.78 is 5.22. The Kier molecular flexibility index (Phi) is 6.69. The van der Waals surface area contributed by atoms with Gasteiger partial charge in [-0.2, -0.15) is 0 Å². The second-order valence-corrected chi connectivity index (χ2v) is 2.81. The van der Waals surface area contributed by atoms with Crippen LogP contribution in [0.15, 0.2) is 0 Å². The molecule has 82 valence electrons. The summed E-state index contributed by atoms with van der Waals surface area (Å²) in [5.74, 6) is -0.443. The van der Waals surface area contributed by atoms with Gasteiger partial charge in [-0.15, -0.1) is 0 Å². The van der Waals surface area contributed by atoms with Crippen molar-refractivity contribution < 1.29 is 14.3 Å². The zero-order valence-electron chi connectivity index (χ0n) is 8.50. The van der Waals surface area contributed by atoms with Crippen molar-refractivity contribution in [3.63, 3.8) is 0 Å². The van der Waals surface area contributed by atoms with E-state index in [1.165, 1.54) is 0 Å². The highest BCUT2D eigenvalue weighted by atomic mass is 16.5. The van der Waals surface area contributed by atoms with Crippen LogP contribution in [0.25, 0.3) is 0 Å². The second kappa shape index (κ2) is 7.28. The predicted molar refractivity (Wildman–Crippen MR) is 51.7 cm³/mol. The number of rotatable bonds is 6. The number of hydrogen-bond acceptors (Lipinski definition) is 4. The van der Waals surface area contributed by atoms with Gasteiger partial charge in [-0.25, -0.2) is 4.79 Å². The molecule has 6 nitrogen and oxygen atoms in total. The first kappa shape index (κ1) is 12.9. The number of carbonyl (C=O) groups is 2. The molecule has 0 aromatic carbocycles. The maximum atomic E-state index is 10.9. The molecular formula is C8H17N3O3. The molecule has 4 N–H and O–H groups in total. The van der Waals surface area contributed by atoms with E-state index in [1.807, 2.05) is 19.2 Å². The van der Waals surface area contributed by atoms with Gasteiger partial charge in [-0.05, 0) is 13.8 Å². The highest BCUT2D eigenvalue weighted by molar-refractivity contribution is 5.94. The monoisotopic (exact) mass is 203 g/mol. The van der Waals surface area contributed by atoms with Gasteiger partial charge in [0.1, 0.15) is 0 Å². The molecule has 0 aromatic heterocycles. The molecule has 3 amide bonds. The third kappa shape index (κ3) is 7.51. The highest BCUT2D eigenvalue weighted by Gasteiger charge is 2.04. The number of primary amides is 1. The molecule has 0 aliphatic carbocycles. The zero-order valence-corrected chi connectivity index (χ0v) is 8.50. The smallest absolute Gasteiger partial charge is 0.318 e. The third-order valence-electron chi connectivity index (χ3n) is 1.43. The molecule has 0 bridgehead atoms. The standard InChI is InChI=1S/C8H17N3O3/c1-3-14-6(2)4-10-5-7(12)11-8(9)13/h6,10H,3-5H2,1-2H3,(H3,9,11,12,13). The Hall–Kier alpha value is -1.14. The summed E-state index contributed by atoms with van der Waals surface area (Å²) in [6, 6.07) is -0.838. The lowest BCUT2D eigenvalue weighted by Crippen LogP contribution is -2.42. The number of nitrogens with one attached hydrogen (secondary N) is 2. The Morgan fingerprint density at radius 2 is 2.14 bits per heavy atom. The maximum Gasteiger partial charge on any atom is 0.318 e. The van der Waals surface area contributed by atoms with Gasteiger partial charge in [0.15, 0.2) is 0 Å². The lowest BCUT2D eigenvalue weighted by Gasteiger charge is -2.11. The molecule has 1 atom stereocenters. The van der Waals surface area contributed by atoms with E-state index in [4.69, 9.17) is 10.5 Å². The van der Waals surface area contributed by atoms with Crippen molar-refractivity contribution in [1.29, 1.82) is 0 Å². The van der Waals surface area contributed by atoms with Crippen molar-refractivity contribution in [3.8, 4) is 0 Å². The van der Waals surface area contributed by atoms with Crippen LogP contribution in [0.3, 0.4) is 0 Å². The normalized spacial score (nSPS) is 12.1. The maximum absolute atomic E-state index is 10.9. The fraction of sp³-hybridized carbons (Fsp3) is 0.750. The summed E-state index contributed by atoms with van der Waals surface area (Å²) in [4.78, 5) is 21.1. The topological polar surface area (TPSA) is 93.4 Å². The Labute approximate surface area is 83.2 Å².